The molecule has 1 aliphatic heterocycles. The third-order valence-corrected chi connectivity index (χ3v) is 3.09. The Hall–Kier alpha value is -0.880. The molecule has 15 heavy (non-hydrogen) atoms. The molecule has 0 aromatic carbocycles. The summed E-state index contributed by atoms with van der Waals surface area (Å²) >= 11 is 5.10. The maximum absolute atomic E-state index is 5.57. The highest BCUT2D eigenvalue weighted by Gasteiger charge is 2.26. The molecular formula is C9H16N4OS. The Morgan fingerprint density at radius 1 is 1.53 bits per heavy atom. The van der Waals surface area contributed by atoms with Crippen LogP contribution >= 0.6 is 12.2 Å². The van der Waals surface area contributed by atoms with Gasteiger partial charge >= 0.3 is 0 Å². The molecule has 1 fully saturated rings. The van der Waals surface area contributed by atoms with E-state index < -0.39 is 0 Å². The summed E-state index contributed by atoms with van der Waals surface area (Å²) in [5.41, 5.74) is 0. The van der Waals surface area contributed by atoms with Crippen LogP contribution in [0.25, 0.3) is 0 Å². The molecule has 1 aliphatic rings. The average molecular weight is 228 g/mol. The minimum absolute atomic E-state index is 0.242. The largest absolute Gasteiger partial charge is 0.375 e. The molecule has 0 spiro atoms. The van der Waals surface area contributed by atoms with E-state index in [0.717, 1.165) is 19.1 Å². The van der Waals surface area contributed by atoms with Crippen molar-refractivity contribution in [2.75, 3.05) is 18.1 Å². The van der Waals surface area contributed by atoms with Gasteiger partial charge in [0, 0.05) is 13.6 Å². The van der Waals surface area contributed by atoms with Gasteiger partial charge in [-0.05, 0) is 26.1 Å². The Morgan fingerprint density at radius 3 is 2.87 bits per heavy atom. The number of nitrogens with one attached hydrogen (secondary N) is 1. The van der Waals surface area contributed by atoms with E-state index in [4.69, 9.17) is 17.0 Å². The fourth-order valence-corrected chi connectivity index (χ4v) is 1.90. The number of ether oxygens (including phenoxy) is 1. The van der Waals surface area contributed by atoms with E-state index in [2.05, 4.69) is 28.9 Å². The summed E-state index contributed by atoms with van der Waals surface area (Å²) in [5, 5.41) is 7.04. The highest BCUT2D eigenvalue weighted by Crippen LogP contribution is 2.18. The lowest BCUT2D eigenvalue weighted by atomic mass is 10.2. The van der Waals surface area contributed by atoms with Crippen molar-refractivity contribution in [2.45, 2.75) is 26.0 Å². The molecule has 0 radical (unpaired) electrons. The van der Waals surface area contributed by atoms with Crippen molar-refractivity contribution in [2.24, 2.45) is 7.05 Å². The maximum Gasteiger partial charge on any atom is 0.225 e. The van der Waals surface area contributed by atoms with Crippen molar-refractivity contribution >= 4 is 18.2 Å². The molecule has 84 valence electrons. The number of nitrogens with zero attached hydrogens (tertiary/aromatic N) is 3. The van der Waals surface area contributed by atoms with Crippen LogP contribution in [0.2, 0.25) is 0 Å². The second-order valence-electron chi connectivity index (χ2n) is 4.03. The molecule has 1 N–H and O–H groups in total. The second kappa shape index (κ2) is 3.94. The van der Waals surface area contributed by atoms with Gasteiger partial charge in [-0.15, -0.1) is 5.10 Å². The molecule has 1 aromatic rings. The lowest BCUT2D eigenvalue weighted by Gasteiger charge is -2.36. The van der Waals surface area contributed by atoms with Gasteiger partial charge in [0.05, 0.1) is 18.8 Å². The quantitative estimate of drug-likeness (QED) is 0.731. The molecule has 2 heterocycles. The molecule has 6 heteroatoms. The molecule has 0 saturated carbocycles. The van der Waals surface area contributed by atoms with Gasteiger partial charge in [-0.3, -0.25) is 4.57 Å². The molecule has 0 amide bonds. The first-order valence-electron chi connectivity index (χ1n) is 5.09. The lowest BCUT2D eigenvalue weighted by molar-refractivity contribution is 0.0334. The fraction of sp³-hybridized carbons (Fsp3) is 0.778. The van der Waals surface area contributed by atoms with Crippen LogP contribution in [0.4, 0.5) is 5.95 Å². The van der Waals surface area contributed by atoms with E-state index in [1.807, 2.05) is 11.6 Å². The Kier molecular flexibility index (Phi) is 2.79. The Balaban J connectivity index is 2.29. The summed E-state index contributed by atoms with van der Waals surface area (Å²) in [6.45, 7) is 5.79. The first-order valence-corrected chi connectivity index (χ1v) is 5.50. The van der Waals surface area contributed by atoms with Gasteiger partial charge in [0.15, 0.2) is 4.77 Å². The minimum Gasteiger partial charge on any atom is -0.375 e. The monoisotopic (exact) mass is 228 g/mol. The Morgan fingerprint density at radius 2 is 2.27 bits per heavy atom. The fourth-order valence-electron chi connectivity index (χ4n) is 1.78. The standard InChI is InChI=1S/C9H16N4OS/c1-6-5-14-7(2)4-13(6)8-10-11-9(15)12(8)3/h6-7H,4-5H2,1-3H3,(H,11,15). The van der Waals surface area contributed by atoms with E-state index in [9.17, 15) is 0 Å². The SMILES string of the molecule is CC1CN(c2n[nH]c(=S)n2C)C(C)CO1. The van der Waals surface area contributed by atoms with Gasteiger partial charge in [0.2, 0.25) is 5.95 Å². The van der Waals surface area contributed by atoms with Crippen LogP contribution in [0.1, 0.15) is 13.8 Å². The van der Waals surface area contributed by atoms with E-state index in [1.54, 1.807) is 0 Å². The number of rotatable bonds is 1. The number of hydrogen-bond acceptors (Lipinski definition) is 4. The van der Waals surface area contributed by atoms with E-state index >= 15 is 0 Å². The number of H-pyrrole nitrogens is 1. The number of anilines is 1. The van der Waals surface area contributed by atoms with Crippen LogP contribution in [0, 0.1) is 4.77 Å². The van der Waals surface area contributed by atoms with E-state index in [1.165, 1.54) is 0 Å². The lowest BCUT2D eigenvalue weighted by Crippen LogP contribution is -2.48. The summed E-state index contributed by atoms with van der Waals surface area (Å²) < 4.78 is 8.12. The third kappa shape index (κ3) is 1.91. The highest BCUT2D eigenvalue weighted by molar-refractivity contribution is 7.71. The van der Waals surface area contributed by atoms with Crippen LogP contribution < -0.4 is 4.90 Å². The normalized spacial score (nSPS) is 27.0. The van der Waals surface area contributed by atoms with E-state index in [0.29, 0.717) is 10.8 Å². The van der Waals surface area contributed by atoms with Crippen LogP contribution in [0.3, 0.4) is 0 Å². The van der Waals surface area contributed by atoms with Gasteiger partial charge in [-0.1, -0.05) is 0 Å². The average Bonchev–Trinajstić information content (AvgIpc) is 2.52. The second-order valence-corrected chi connectivity index (χ2v) is 4.42. The van der Waals surface area contributed by atoms with Crippen LogP contribution in [0.5, 0.6) is 0 Å². The summed E-state index contributed by atoms with van der Waals surface area (Å²) in [4.78, 5) is 2.22. The predicted molar refractivity (Wildman–Crippen MR) is 60.6 cm³/mol. The smallest absolute Gasteiger partial charge is 0.225 e. The van der Waals surface area contributed by atoms with Crippen LogP contribution in [-0.2, 0) is 11.8 Å². The molecule has 0 bridgehead atoms. The minimum atomic E-state index is 0.242. The number of morpholine rings is 1. The summed E-state index contributed by atoms with van der Waals surface area (Å²) in [6.07, 6.45) is 0.242. The zero-order chi connectivity index (χ0) is 11.0. The van der Waals surface area contributed by atoms with Crippen molar-refractivity contribution in [3.8, 4) is 0 Å². The summed E-state index contributed by atoms with van der Waals surface area (Å²) in [5.74, 6) is 0.891. The summed E-state index contributed by atoms with van der Waals surface area (Å²) in [6, 6.07) is 0.338. The molecular weight excluding hydrogens is 212 g/mol. The topological polar surface area (TPSA) is 46.1 Å². The number of aromatic amines is 1. The van der Waals surface area contributed by atoms with Gasteiger partial charge in [-0.2, -0.15) is 0 Å². The zero-order valence-corrected chi connectivity index (χ0v) is 10.0. The molecule has 0 aliphatic carbocycles. The highest BCUT2D eigenvalue weighted by atomic mass is 32.1. The Bertz CT molecular complexity index is 399. The predicted octanol–water partition coefficient (Wildman–Crippen LogP) is 1.09. The van der Waals surface area contributed by atoms with Crippen molar-refractivity contribution < 1.29 is 4.74 Å². The van der Waals surface area contributed by atoms with Crippen LogP contribution in [0.15, 0.2) is 0 Å². The molecule has 2 rings (SSSR count). The molecule has 2 atom stereocenters. The number of hydrogen-bond donors (Lipinski definition) is 1. The van der Waals surface area contributed by atoms with Gasteiger partial charge < -0.3 is 9.64 Å². The number of aromatic nitrogens is 3. The third-order valence-electron chi connectivity index (χ3n) is 2.72. The van der Waals surface area contributed by atoms with Gasteiger partial charge in [0.25, 0.3) is 0 Å². The van der Waals surface area contributed by atoms with E-state index in [-0.39, 0.29) is 6.10 Å². The van der Waals surface area contributed by atoms with Crippen molar-refractivity contribution in [3.05, 3.63) is 4.77 Å². The molecule has 1 aromatic heterocycles. The van der Waals surface area contributed by atoms with Gasteiger partial charge in [-0.25, -0.2) is 5.10 Å². The molecule has 5 nitrogen and oxygen atoms in total. The maximum atomic E-state index is 5.57. The first kappa shape index (κ1) is 10.6. The molecule has 2 unspecified atom stereocenters. The Labute approximate surface area is 94.0 Å². The van der Waals surface area contributed by atoms with Gasteiger partial charge in [0.1, 0.15) is 0 Å². The van der Waals surface area contributed by atoms with Crippen LogP contribution in [-0.4, -0.2) is 40.1 Å². The van der Waals surface area contributed by atoms with Crippen molar-refractivity contribution in [3.63, 3.8) is 0 Å². The summed E-state index contributed by atoms with van der Waals surface area (Å²) in [7, 11) is 1.92. The van der Waals surface area contributed by atoms with Crippen molar-refractivity contribution in [1.29, 1.82) is 0 Å². The zero-order valence-electron chi connectivity index (χ0n) is 9.23. The first-order chi connectivity index (χ1) is 7.09. The van der Waals surface area contributed by atoms with Crippen molar-refractivity contribution in [1.82, 2.24) is 14.8 Å². The molecule has 1 saturated heterocycles.